The third-order valence-electron chi connectivity index (χ3n) is 4.22. The van der Waals surface area contributed by atoms with Gasteiger partial charge in [0.15, 0.2) is 11.4 Å². The maximum absolute atomic E-state index is 12.0. The Balaban J connectivity index is 1.86. The first kappa shape index (κ1) is 23.3. The average Bonchev–Trinajstić information content (AvgIpc) is 3.06. The van der Waals surface area contributed by atoms with Crippen molar-refractivity contribution in [1.29, 1.82) is 0 Å². The zero-order chi connectivity index (χ0) is 23.5. The van der Waals surface area contributed by atoms with E-state index in [-0.39, 0.29) is 29.3 Å². The standard InChI is InChI=1S/C21H24ClN5O5/c1-12(24-19(28)32-21(2,3)4)9-14-10-15-16(31-14)17(26-18(22)25-15)27(20(29)30)11-13-5-7-23-8-6-13/h5-8,10,12H,9,11H2,1-4H3,(H,24,28)(H,29,30)/t12-/m1/s1. The van der Waals surface area contributed by atoms with E-state index in [0.29, 0.717) is 23.3 Å². The van der Waals surface area contributed by atoms with Crippen molar-refractivity contribution in [1.82, 2.24) is 20.3 Å². The van der Waals surface area contributed by atoms with Gasteiger partial charge in [-0.25, -0.2) is 14.6 Å². The van der Waals surface area contributed by atoms with Crippen molar-refractivity contribution in [2.75, 3.05) is 4.90 Å². The maximum atomic E-state index is 12.0. The van der Waals surface area contributed by atoms with Crippen molar-refractivity contribution in [3.63, 3.8) is 0 Å². The molecule has 0 aromatic carbocycles. The number of carbonyl (C=O) groups excluding carboxylic acids is 1. The van der Waals surface area contributed by atoms with Gasteiger partial charge in [0.1, 0.15) is 16.9 Å². The second-order valence-electron chi connectivity index (χ2n) is 8.22. The number of alkyl carbamates (subject to hydrolysis) is 1. The van der Waals surface area contributed by atoms with Crippen LogP contribution in [0, 0.1) is 0 Å². The molecule has 170 valence electrons. The van der Waals surface area contributed by atoms with Crippen LogP contribution in [-0.4, -0.2) is 43.9 Å². The summed E-state index contributed by atoms with van der Waals surface area (Å²) >= 11 is 6.05. The summed E-state index contributed by atoms with van der Waals surface area (Å²) < 4.78 is 11.1. The van der Waals surface area contributed by atoms with Gasteiger partial charge in [0, 0.05) is 30.9 Å². The molecule has 0 saturated heterocycles. The van der Waals surface area contributed by atoms with Gasteiger partial charge in [0.05, 0.1) is 6.54 Å². The van der Waals surface area contributed by atoms with Crippen molar-refractivity contribution in [3.05, 3.63) is 47.2 Å². The lowest BCUT2D eigenvalue weighted by molar-refractivity contribution is 0.0507. The molecule has 0 fully saturated rings. The molecule has 0 aliphatic heterocycles. The van der Waals surface area contributed by atoms with Crippen LogP contribution in [0.5, 0.6) is 0 Å². The van der Waals surface area contributed by atoms with E-state index in [2.05, 4.69) is 20.3 Å². The molecule has 0 aliphatic rings. The molecule has 0 bridgehead atoms. The normalized spacial score (nSPS) is 12.4. The quantitative estimate of drug-likeness (QED) is 0.516. The van der Waals surface area contributed by atoms with Crippen LogP contribution in [0.3, 0.4) is 0 Å². The first-order valence-corrected chi connectivity index (χ1v) is 10.2. The lowest BCUT2D eigenvalue weighted by Crippen LogP contribution is -2.38. The van der Waals surface area contributed by atoms with E-state index in [4.69, 9.17) is 20.8 Å². The zero-order valence-electron chi connectivity index (χ0n) is 18.1. The van der Waals surface area contributed by atoms with Crippen LogP contribution in [0.2, 0.25) is 5.28 Å². The van der Waals surface area contributed by atoms with Crippen molar-refractivity contribution < 1.29 is 23.8 Å². The molecule has 0 spiro atoms. The van der Waals surface area contributed by atoms with E-state index in [1.54, 1.807) is 58.3 Å². The second-order valence-corrected chi connectivity index (χ2v) is 8.56. The van der Waals surface area contributed by atoms with Gasteiger partial charge < -0.3 is 19.6 Å². The zero-order valence-corrected chi connectivity index (χ0v) is 18.9. The van der Waals surface area contributed by atoms with Gasteiger partial charge in [-0.3, -0.25) is 9.88 Å². The summed E-state index contributed by atoms with van der Waals surface area (Å²) in [5.41, 5.74) is 0.650. The maximum Gasteiger partial charge on any atom is 0.413 e. The summed E-state index contributed by atoms with van der Waals surface area (Å²) in [6.45, 7) is 7.15. The predicted octanol–water partition coefficient (Wildman–Crippen LogP) is 4.41. The molecule has 0 radical (unpaired) electrons. The Labute approximate surface area is 189 Å². The van der Waals surface area contributed by atoms with Crippen molar-refractivity contribution >= 4 is 40.7 Å². The van der Waals surface area contributed by atoms with Crippen LogP contribution in [0.4, 0.5) is 15.4 Å². The number of pyridine rings is 1. The number of ether oxygens (including phenoxy) is 1. The van der Waals surface area contributed by atoms with Gasteiger partial charge in [0.25, 0.3) is 0 Å². The summed E-state index contributed by atoms with van der Waals surface area (Å²) in [6.07, 6.45) is 1.70. The molecule has 1 atom stereocenters. The minimum atomic E-state index is -1.23. The molecule has 0 saturated carbocycles. The Morgan fingerprint density at radius 1 is 1.28 bits per heavy atom. The van der Waals surface area contributed by atoms with Gasteiger partial charge in [-0.05, 0) is 57.0 Å². The molecule has 11 heteroatoms. The van der Waals surface area contributed by atoms with E-state index < -0.39 is 17.8 Å². The molecule has 10 nitrogen and oxygen atoms in total. The van der Waals surface area contributed by atoms with Gasteiger partial charge in [-0.15, -0.1) is 0 Å². The van der Waals surface area contributed by atoms with Gasteiger partial charge in [-0.1, -0.05) is 0 Å². The Morgan fingerprint density at radius 2 is 1.97 bits per heavy atom. The number of amides is 2. The summed E-state index contributed by atoms with van der Waals surface area (Å²) in [5.74, 6) is 0.513. The highest BCUT2D eigenvalue weighted by molar-refractivity contribution is 6.28. The monoisotopic (exact) mass is 461 g/mol. The molecule has 2 N–H and O–H groups in total. The van der Waals surface area contributed by atoms with Gasteiger partial charge >= 0.3 is 12.2 Å². The fraction of sp³-hybridized carbons (Fsp3) is 0.381. The van der Waals surface area contributed by atoms with Crippen molar-refractivity contribution in [2.24, 2.45) is 0 Å². The number of hydrogen-bond donors (Lipinski definition) is 2. The molecule has 0 aliphatic carbocycles. The summed E-state index contributed by atoms with van der Waals surface area (Å²) in [5, 5.41) is 12.4. The number of furan rings is 1. The highest BCUT2D eigenvalue weighted by Crippen LogP contribution is 2.30. The number of nitrogens with zero attached hydrogens (tertiary/aromatic N) is 4. The van der Waals surface area contributed by atoms with Crippen LogP contribution >= 0.6 is 11.6 Å². The van der Waals surface area contributed by atoms with Crippen LogP contribution in [-0.2, 0) is 17.7 Å². The number of carboxylic acid groups (broad SMARTS) is 1. The first-order chi connectivity index (χ1) is 15.0. The minimum Gasteiger partial charge on any atom is -0.465 e. The van der Waals surface area contributed by atoms with E-state index >= 15 is 0 Å². The SMILES string of the molecule is C[C@H](Cc1cc2nc(Cl)nc(N(Cc3ccncc3)C(=O)O)c2o1)NC(=O)OC(C)(C)C. The molecule has 0 unspecified atom stereocenters. The van der Waals surface area contributed by atoms with Crippen molar-refractivity contribution in [3.8, 4) is 0 Å². The first-order valence-electron chi connectivity index (χ1n) is 9.86. The van der Waals surface area contributed by atoms with Crippen LogP contribution in [0.25, 0.3) is 11.1 Å². The number of halogens is 1. The smallest absolute Gasteiger partial charge is 0.413 e. The average molecular weight is 462 g/mol. The number of rotatable bonds is 6. The number of hydrogen-bond acceptors (Lipinski definition) is 7. The molecular weight excluding hydrogens is 438 g/mol. The Hall–Kier alpha value is -3.40. The number of anilines is 1. The Kier molecular flexibility index (Phi) is 6.83. The van der Waals surface area contributed by atoms with E-state index in [0.717, 1.165) is 4.90 Å². The number of nitrogens with one attached hydrogen (secondary N) is 1. The largest absolute Gasteiger partial charge is 0.465 e. The second kappa shape index (κ2) is 9.39. The van der Waals surface area contributed by atoms with Gasteiger partial charge in [-0.2, -0.15) is 4.98 Å². The molecule has 3 rings (SSSR count). The van der Waals surface area contributed by atoms with E-state index in [1.807, 2.05) is 0 Å². The fourth-order valence-corrected chi connectivity index (χ4v) is 3.16. The third kappa shape index (κ3) is 6.07. The van der Waals surface area contributed by atoms with Crippen LogP contribution in [0.15, 0.2) is 35.0 Å². The highest BCUT2D eigenvalue weighted by atomic mass is 35.5. The number of carbonyl (C=O) groups is 2. The minimum absolute atomic E-state index is 0.0208. The Morgan fingerprint density at radius 3 is 2.59 bits per heavy atom. The van der Waals surface area contributed by atoms with Crippen molar-refractivity contribution in [2.45, 2.75) is 52.3 Å². The summed E-state index contributed by atoms with van der Waals surface area (Å²) in [4.78, 5) is 37.2. The molecule has 3 aromatic rings. The van der Waals surface area contributed by atoms with Gasteiger partial charge in [0.2, 0.25) is 5.28 Å². The van der Waals surface area contributed by atoms with E-state index in [1.165, 1.54) is 0 Å². The number of fused-ring (bicyclic) bond motifs is 1. The van der Waals surface area contributed by atoms with Crippen LogP contribution in [0.1, 0.15) is 39.0 Å². The highest BCUT2D eigenvalue weighted by Gasteiger charge is 2.24. The molecule has 32 heavy (non-hydrogen) atoms. The van der Waals surface area contributed by atoms with Crippen LogP contribution < -0.4 is 10.2 Å². The lowest BCUT2D eigenvalue weighted by Gasteiger charge is -2.21. The Bertz CT molecular complexity index is 1110. The predicted molar refractivity (Wildman–Crippen MR) is 118 cm³/mol. The number of aromatic nitrogens is 3. The molecular formula is C21H24ClN5O5. The summed E-state index contributed by atoms with van der Waals surface area (Å²) in [6, 6.07) is 4.73. The molecule has 3 heterocycles. The molecule has 2 amide bonds. The van der Waals surface area contributed by atoms with E-state index in [9.17, 15) is 14.7 Å². The molecule has 3 aromatic heterocycles. The fourth-order valence-electron chi connectivity index (χ4n) is 2.99. The third-order valence-corrected chi connectivity index (χ3v) is 4.39. The summed E-state index contributed by atoms with van der Waals surface area (Å²) in [7, 11) is 0. The topological polar surface area (TPSA) is 131 Å². The lowest BCUT2D eigenvalue weighted by atomic mass is 10.2.